The number of aliphatic imine (C=N–C) groups is 2. The van der Waals surface area contributed by atoms with Crippen LogP contribution in [0.1, 0.15) is 6.42 Å². The fraction of sp³-hybridized carbons (Fsp3) is 0.455. The molecule has 0 amide bonds. The molecule has 0 aromatic carbocycles. The molecule has 0 radical (unpaired) electrons. The molecule has 0 fully saturated rings. The maximum Gasteiger partial charge on any atom is 0.870 e. The maximum absolute atomic E-state index is 5.57. The first-order chi connectivity index (χ1) is 9.40. The van der Waals surface area contributed by atoms with Crippen LogP contribution in [0, 0.1) is 0 Å². The van der Waals surface area contributed by atoms with Gasteiger partial charge in [-0.05, 0) is 6.08 Å². The first-order valence-electron chi connectivity index (χ1n) is 6.10. The second kappa shape index (κ2) is 5.68. The Hall–Kier alpha value is -2.12. The van der Waals surface area contributed by atoms with Crippen LogP contribution in [0.25, 0.3) is 0 Å². The highest BCUT2D eigenvalue weighted by molar-refractivity contribution is 6.42. The summed E-state index contributed by atoms with van der Waals surface area (Å²) >= 11 is 0. The Morgan fingerprint density at radius 1 is 1.00 bits per heavy atom. The van der Waals surface area contributed by atoms with E-state index in [-0.39, 0.29) is 12.2 Å². The molecule has 19 heavy (non-hydrogen) atoms. The molecular formula is C11H13BN2O5. The van der Waals surface area contributed by atoms with Crippen LogP contribution >= 0.6 is 0 Å². The molecular weight excluding hydrogens is 251 g/mol. The van der Waals surface area contributed by atoms with Crippen molar-refractivity contribution in [2.45, 2.75) is 6.42 Å². The SMILES string of the molecule is C1=CCC(OB(OC2=NCCO2)OC2=NCCO2)=C1. The first kappa shape index (κ1) is 11.9. The molecule has 0 N–H and O–H groups in total. The van der Waals surface area contributed by atoms with E-state index in [0.29, 0.717) is 32.7 Å². The van der Waals surface area contributed by atoms with Crippen LogP contribution in [0.5, 0.6) is 0 Å². The monoisotopic (exact) mass is 264 g/mol. The second-order valence-corrected chi connectivity index (χ2v) is 3.90. The van der Waals surface area contributed by atoms with Gasteiger partial charge in [-0.1, -0.05) is 12.2 Å². The zero-order valence-electron chi connectivity index (χ0n) is 10.3. The van der Waals surface area contributed by atoms with Gasteiger partial charge in [0, 0.05) is 6.42 Å². The van der Waals surface area contributed by atoms with Crippen molar-refractivity contribution in [3.05, 3.63) is 24.0 Å². The summed E-state index contributed by atoms with van der Waals surface area (Å²) in [5.74, 6) is 0.738. The molecule has 0 aromatic heterocycles. The Bertz CT molecular complexity index is 428. The standard InChI is InChI=1S/C11H13BN2O5/c1-2-4-9(3-1)17-12(18-10-13-5-7-15-10)19-11-14-6-8-16-11/h1-3H,4-8H2. The molecule has 0 bridgehead atoms. The van der Waals surface area contributed by atoms with Crippen LogP contribution in [0.3, 0.4) is 0 Å². The smallest absolute Gasteiger partial charge is 0.493 e. The summed E-state index contributed by atoms with van der Waals surface area (Å²) in [5.41, 5.74) is 0. The average Bonchev–Trinajstić information content (AvgIpc) is 3.10. The van der Waals surface area contributed by atoms with Gasteiger partial charge in [-0.15, -0.1) is 0 Å². The third-order valence-electron chi connectivity index (χ3n) is 2.49. The van der Waals surface area contributed by atoms with Gasteiger partial charge in [0.25, 0.3) is 0 Å². The number of ether oxygens (including phenoxy) is 2. The van der Waals surface area contributed by atoms with Crippen LogP contribution < -0.4 is 0 Å². The molecule has 0 saturated heterocycles. The zero-order valence-corrected chi connectivity index (χ0v) is 10.3. The Morgan fingerprint density at radius 2 is 1.68 bits per heavy atom. The van der Waals surface area contributed by atoms with Crippen LogP contribution in [0.2, 0.25) is 0 Å². The number of hydrogen-bond acceptors (Lipinski definition) is 7. The molecule has 1 aliphatic carbocycles. The molecule has 3 rings (SSSR count). The minimum atomic E-state index is -1.01. The summed E-state index contributed by atoms with van der Waals surface area (Å²) in [6.45, 7) is 2.15. The van der Waals surface area contributed by atoms with Crippen molar-refractivity contribution in [1.82, 2.24) is 0 Å². The summed E-state index contributed by atoms with van der Waals surface area (Å²) in [7, 11) is -1.01. The van der Waals surface area contributed by atoms with Gasteiger partial charge in [-0.2, -0.15) is 0 Å². The van der Waals surface area contributed by atoms with E-state index in [1.54, 1.807) is 0 Å². The summed E-state index contributed by atoms with van der Waals surface area (Å²) < 4.78 is 26.7. The number of rotatable bonds is 4. The Morgan fingerprint density at radius 3 is 2.16 bits per heavy atom. The predicted molar refractivity (Wildman–Crippen MR) is 67.4 cm³/mol. The van der Waals surface area contributed by atoms with Crippen molar-refractivity contribution < 1.29 is 23.4 Å². The van der Waals surface area contributed by atoms with Crippen LogP contribution in [0.4, 0.5) is 0 Å². The topological polar surface area (TPSA) is 70.9 Å². The quantitative estimate of drug-likeness (QED) is 0.697. The third kappa shape index (κ3) is 3.21. The summed E-state index contributed by atoms with van der Waals surface area (Å²) in [6, 6.07) is 0. The van der Waals surface area contributed by atoms with Crippen molar-refractivity contribution in [1.29, 1.82) is 0 Å². The normalized spacial score (nSPS) is 20.1. The van der Waals surface area contributed by atoms with E-state index >= 15 is 0 Å². The third-order valence-corrected chi connectivity index (χ3v) is 2.49. The molecule has 0 saturated carbocycles. The molecule has 2 aliphatic heterocycles. The lowest BCUT2D eigenvalue weighted by Crippen LogP contribution is -2.32. The van der Waals surface area contributed by atoms with Crippen molar-refractivity contribution >= 4 is 19.5 Å². The molecule has 0 unspecified atom stereocenters. The van der Waals surface area contributed by atoms with Crippen LogP contribution in [-0.4, -0.2) is 45.8 Å². The summed E-state index contributed by atoms with van der Waals surface area (Å²) in [5, 5.41) is 0. The molecule has 8 heteroatoms. The highest BCUT2D eigenvalue weighted by Gasteiger charge is 2.36. The lowest BCUT2D eigenvalue weighted by molar-refractivity contribution is 0.171. The van der Waals surface area contributed by atoms with Crippen molar-refractivity contribution in [2.24, 2.45) is 9.98 Å². The van der Waals surface area contributed by atoms with E-state index in [1.165, 1.54) is 0 Å². The van der Waals surface area contributed by atoms with Crippen molar-refractivity contribution in [3.63, 3.8) is 0 Å². The van der Waals surface area contributed by atoms with E-state index < -0.39 is 7.32 Å². The Kier molecular flexibility index (Phi) is 3.57. The lowest BCUT2D eigenvalue weighted by atomic mass is 10.2. The average molecular weight is 264 g/mol. The second-order valence-electron chi connectivity index (χ2n) is 3.90. The first-order valence-corrected chi connectivity index (χ1v) is 6.10. The predicted octanol–water partition coefficient (Wildman–Crippen LogP) is 0.637. The van der Waals surface area contributed by atoms with E-state index in [1.807, 2.05) is 18.2 Å². The fourth-order valence-electron chi connectivity index (χ4n) is 1.65. The van der Waals surface area contributed by atoms with Gasteiger partial charge >= 0.3 is 19.5 Å². The van der Waals surface area contributed by atoms with Crippen LogP contribution in [-0.2, 0) is 23.4 Å². The molecule has 0 spiro atoms. The Labute approximate surface area is 110 Å². The van der Waals surface area contributed by atoms with Crippen LogP contribution in [0.15, 0.2) is 34.0 Å². The van der Waals surface area contributed by atoms with E-state index in [9.17, 15) is 0 Å². The highest BCUT2D eigenvalue weighted by Crippen LogP contribution is 2.15. The van der Waals surface area contributed by atoms with Gasteiger partial charge < -0.3 is 23.4 Å². The molecule has 7 nitrogen and oxygen atoms in total. The van der Waals surface area contributed by atoms with Gasteiger partial charge in [0.15, 0.2) is 0 Å². The van der Waals surface area contributed by atoms with Gasteiger partial charge in [0.2, 0.25) is 0 Å². The van der Waals surface area contributed by atoms with E-state index in [2.05, 4.69) is 9.98 Å². The summed E-state index contributed by atoms with van der Waals surface area (Å²) in [6.07, 6.45) is 6.74. The fourth-order valence-corrected chi connectivity index (χ4v) is 1.65. The van der Waals surface area contributed by atoms with Gasteiger partial charge in [0.05, 0.1) is 18.8 Å². The minimum absolute atomic E-state index is 0.162. The van der Waals surface area contributed by atoms with Gasteiger partial charge in [-0.3, -0.25) is 0 Å². The highest BCUT2D eigenvalue weighted by atomic mass is 16.8. The molecule has 2 heterocycles. The van der Waals surface area contributed by atoms with E-state index in [0.717, 1.165) is 5.76 Å². The van der Waals surface area contributed by atoms with Crippen molar-refractivity contribution in [2.75, 3.05) is 26.3 Å². The molecule has 3 aliphatic rings. The molecule has 100 valence electrons. The molecule has 0 atom stereocenters. The number of allylic oxidation sites excluding steroid dienone is 3. The van der Waals surface area contributed by atoms with Gasteiger partial charge in [-0.25, -0.2) is 9.98 Å². The minimum Gasteiger partial charge on any atom is -0.493 e. The maximum atomic E-state index is 5.57. The summed E-state index contributed by atoms with van der Waals surface area (Å²) in [4.78, 5) is 8.04. The Balaban J connectivity index is 1.59. The number of nitrogens with zero attached hydrogens (tertiary/aromatic N) is 2. The largest absolute Gasteiger partial charge is 0.870 e. The zero-order chi connectivity index (χ0) is 12.9. The van der Waals surface area contributed by atoms with E-state index in [4.69, 9.17) is 23.4 Å². The van der Waals surface area contributed by atoms with Gasteiger partial charge in [0.1, 0.15) is 13.2 Å². The lowest BCUT2D eigenvalue weighted by Gasteiger charge is -2.15. The number of hydrogen-bond donors (Lipinski definition) is 0. The van der Waals surface area contributed by atoms with Crippen molar-refractivity contribution in [3.8, 4) is 0 Å². The molecule has 0 aromatic rings.